The van der Waals surface area contributed by atoms with Crippen LogP contribution in [0.3, 0.4) is 0 Å². The number of nitrogens with zero attached hydrogens (tertiary/aromatic N) is 5. The molecule has 4 aromatic rings. The molecule has 1 aliphatic carbocycles. The van der Waals surface area contributed by atoms with Crippen LogP contribution in [0.5, 0.6) is 0 Å². The van der Waals surface area contributed by atoms with E-state index in [-0.39, 0.29) is 54.5 Å². The Bertz CT molecular complexity index is 1960. The van der Waals surface area contributed by atoms with Crippen molar-refractivity contribution in [2.45, 2.75) is 72.9 Å². The summed E-state index contributed by atoms with van der Waals surface area (Å²) < 4.78 is 9.86. The number of carbonyl (C=O) groups excluding carboxylic acids is 3. The van der Waals surface area contributed by atoms with Gasteiger partial charge in [-0.2, -0.15) is 5.10 Å². The van der Waals surface area contributed by atoms with E-state index in [1.165, 1.54) is 4.90 Å². The van der Waals surface area contributed by atoms with Gasteiger partial charge in [0.2, 0.25) is 0 Å². The Morgan fingerprint density at radius 1 is 1.06 bits per heavy atom. The minimum atomic E-state index is -0.344. The van der Waals surface area contributed by atoms with E-state index in [1.807, 2.05) is 68.4 Å². The topological polar surface area (TPSA) is 106 Å². The molecule has 1 saturated carbocycles. The van der Waals surface area contributed by atoms with Crippen LogP contribution in [-0.2, 0) is 28.9 Å². The summed E-state index contributed by atoms with van der Waals surface area (Å²) in [4.78, 5) is 56.9. The molecule has 0 radical (unpaired) electrons. The van der Waals surface area contributed by atoms with Gasteiger partial charge in [0.25, 0.3) is 17.4 Å². The molecule has 1 fully saturated rings. The first-order valence-electron chi connectivity index (χ1n) is 16.6. The van der Waals surface area contributed by atoms with E-state index in [9.17, 15) is 19.2 Å². The van der Waals surface area contributed by atoms with Crippen molar-refractivity contribution in [1.82, 2.24) is 24.0 Å². The lowest BCUT2D eigenvalue weighted by Gasteiger charge is -2.35. The van der Waals surface area contributed by atoms with Gasteiger partial charge in [-0.3, -0.25) is 23.7 Å². The fourth-order valence-corrected chi connectivity index (χ4v) is 6.46. The van der Waals surface area contributed by atoms with Crippen molar-refractivity contribution in [2.75, 3.05) is 13.8 Å². The average Bonchev–Trinajstić information content (AvgIpc) is 3.81. The largest absolute Gasteiger partial charge is 0.444 e. The molecule has 10 nitrogen and oxygen atoms in total. The molecule has 252 valence electrons. The normalized spacial score (nSPS) is 16.6. The van der Waals surface area contributed by atoms with Crippen LogP contribution in [-0.4, -0.2) is 61.6 Å². The number of rotatable bonds is 9. The van der Waals surface area contributed by atoms with Crippen molar-refractivity contribution in [3.05, 3.63) is 97.0 Å². The summed E-state index contributed by atoms with van der Waals surface area (Å²) >= 11 is 3.52. The molecule has 0 bridgehead atoms. The van der Waals surface area contributed by atoms with E-state index < -0.39 is 0 Å². The number of hydrogen-bond donors (Lipinski definition) is 0. The maximum atomic E-state index is 14.4. The zero-order valence-corrected chi connectivity index (χ0v) is 29.9. The van der Waals surface area contributed by atoms with Crippen LogP contribution in [0.1, 0.15) is 83.6 Å². The lowest BCUT2D eigenvalue weighted by Crippen LogP contribution is -2.46. The molecule has 0 saturated heterocycles. The van der Waals surface area contributed by atoms with Crippen LogP contribution in [0, 0.1) is 24.7 Å². The van der Waals surface area contributed by atoms with Gasteiger partial charge in [-0.05, 0) is 99.4 Å². The fraction of sp³-hybridized carbons (Fsp3) is 0.432. The second-order valence-electron chi connectivity index (χ2n) is 13.7. The highest BCUT2D eigenvalue weighted by Crippen LogP contribution is 2.35. The molecule has 1 aliphatic heterocycles. The molecular weight excluding hydrogens is 674 g/mol. The van der Waals surface area contributed by atoms with Gasteiger partial charge in [0.15, 0.2) is 6.73 Å². The minimum Gasteiger partial charge on any atom is -0.444 e. The van der Waals surface area contributed by atoms with Gasteiger partial charge in [-0.25, -0.2) is 4.52 Å². The van der Waals surface area contributed by atoms with Crippen LogP contribution < -0.4 is 5.56 Å². The van der Waals surface area contributed by atoms with Crippen LogP contribution >= 0.6 is 15.9 Å². The van der Waals surface area contributed by atoms with E-state index >= 15 is 0 Å². The molecule has 48 heavy (non-hydrogen) atoms. The smallest absolute Gasteiger partial charge is 0.310 e. The number of amides is 2. The monoisotopic (exact) mass is 715 g/mol. The molecule has 2 atom stereocenters. The summed E-state index contributed by atoms with van der Waals surface area (Å²) in [5.41, 5.74) is 5.50. The van der Waals surface area contributed by atoms with Gasteiger partial charge in [0.1, 0.15) is 5.65 Å². The van der Waals surface area contributed by atoms with Crippen molar-refractivity contribution >= 4 is 39.4 Å². The van der Waals surface area contributed by atoms with Crippen molar-refractivity contribution < 1.29 is 19.1 Å². The standard InChI is InChI=1S/C37H42BrN5O5/c1-21(2)24(5)37(47)48-20-40(6)34(44)26-9-12-29(13-10-26)42-33-28(17-25-7-8-25)18-39-43(33)32-19-41(23(4)16-30(32)36(42)46)35(45)27-11-14-31(38)22(3)15-27/h9-15,18,21,23-25H,7-8,16-17,19-20H2,1-6H3/t23-,24+/m0/s1. The molecule has 2 aromatic heterocycles. The predicted molar refractivity (Wildman–Crippen MR) is 186 cm³/mol. The maximum absolute atomic E-state index is 14.4. The van der Waals surface area contributed by atoms with Gasteiger partial charge in [0, 0.05) is 39.8 Å². The van der Waals surface area contributed by atoms with Gasteiger partial charge < -0.3 is 14.5 Å². The molecular formula is C37H42BrN5O5. The van der Waals surface area contributed by atoms with E-state index in [4.69, 9.17) is 9.84 Å². The SMILES string of the molecule is Cc1cc(C(=O)N2Cc3c(c(=O)n(-c4ccc(C(=O)N(C)COC(=O)[C@H](C)C(C)C)cc4)c4c(CC5CC5)cnn34)C[C@@H]2C)ccc1Br. The third kappa shape index (κ3) is 6.44. The number of benzene rings is 2. The Morgan fingerprint density at radius 3 is 2.40 bits per heavy atom. The quantitative estimate of drug-likeness (QED) is 0.156. The molecule has 0 spiro atoms. The van der Waals surface area contributed by atoms with Gasteiger partial charge in [-0.1, -0.05) is 36.7 Å². The van der Waals surface area contributed by atoms with Crippen LogP contribution in [0.2, 0.25) is 0 Å². The van der Waals surface area contributed by atoms with Crippen LogP contribution in [0.4, 0.5) is 0 Å². The number of aromatic nitrogens is 3. The average molecular weight is 717 g/mol. The van der Waals surface area contributed by atoms with E-state index in [2.05, 4.69) is 15.9 Å². The Balaban J connectivity index is 1.33. The lowest BCUT2D eigenvalue weighted by molar-refractivity contribution is -0.152. The van der Waals surface area contributed by atoms with Crippen LogP contribution in [0.15, 0.2) is 57.9 Å². The van der Waals surface area contributed by atoms with Gasteiger partial charge >= 0.3 is 5.97 Å². The highest BCUT2D eigenvalue weighted by atomic mass is 79.9. The third-order valence-electron chi connectivity index (χ3n) is 9.81. The highest BCUT2D eigenvalue weighted by Gasteiger charge is 2.34. The number of hydrogen-bond acceptors (Lipinski definition) is 6. The number of aryl methyl sites for hydroxylation is 1. The van der Waals surface area contributed by atoms with Crippen LogP contribution in [0.25, 0.3) is 11.3 Å². The fourth-order valence-electron chi connectivity index (χ4n) is 6.21. The Hall–Kier alpha value is -4.25. The summed E-state index contributed by atoms with van der Waals surface area (Å²) in [6.45, 7) is 9.75. The Kier molecular flexibility index (Phi) is 9.35. The molecule has 3 heterocycles. The van der Waals surface area contributed by atoms with E-state index in [0.717, 1.165) is 40.6 Å². The molecule has 11 heteroatoms. The third-order valence-corrected chi connectivity index (χ3v) is 10.7. The Labute approximate surface area is 288 Å². The van der Waals surface area contributed by atoms with Crippen molar-refractivity contribution in [2.24, 2.45) is 17.8 Å². The highest BCUT2D eigenvalue weighted by molar-refractivity contribution is 9.10. The second kappa shape index (κ2) is 13.3. The first-order chi connectivity index (χ1) is 22.8. The maximum Gasteiger partial charge on any atom is 0.310 e. The van der Waals surface area contributed by atoms with Gasteiger partial charge in [0.05, 0.1) is 30.0 Å². The molecule has 2 amide bonds. The zero-order chi connectivity index (χ0) is 34.4. The van der Waals surface area contributed by atoms with Crippen molar-refractivity contribution in [3.8, 4) is 5.69 Å². The second-order valence-corrected chi connectivity index (χ2v) is 14.6. The Morgan fingerprint density at radius 2 is 1.75 bits per heavy atom. The van der Waals surface area contributed by atoms with E-state index in [0.29, 0.717) is 40.4 Å². The first kappa shape index (κ1) is 33.6. The zero-order valence-electron chi connectivity index (χ0n) is 28.3. The van der Waals surface area contributed by atoms with E-state index in [1.54, 1.807) is 35.9 Å². The minimum absolute atomic E-state index is 0.0825. The molecule has 6 rings (SSSR count). The molecule has 2 aliphatic rings. The first-order valence-corrected chi connectivity index (χ1v) is 17.4. The molecule has 0 N–H and O–H groups in total. The van der Waals surface area contributed by atoms with Gasteiger partial charge in [-0.15, -0.1) is 0 Å². The summed E-state index contributed by atoms with van der Waals surface area (Å²) in [6, 6.07) is 12.3. The summed E-state index contributed by atoms with van der Waals surface area (Å²) in [5.74, 6) is -0.298. The summed E-state index contributed by atoms with van der Waals surface area (Å²) in [5, 5.41) is 4.79. The summed E-state index contributed by atoms with van der Waals surface area (Å²) in [7, 11) is 1.59. The molecule has 2 aromatic carbocycles. The molecule has 0 unspecified atom stereocenters. The number of esters is 1. The lowest BCUT2D eigenvalue weighted by atomic mass is 9.98. The van der Waals surface area contributed by atoms with Crippen molar-refractivity contribution in [1.29, 1.82) is 0 Å². The number of halogens is 1. The summed E-state index contributed by atoms with van der Waals surface area (Å²) in [6.07, 6.45) is 5.34. The predicted octanol–water partition coefficient (Wildman–Crippen LogP) is 5.96. The van der Waals surface area contributed by atoms with Crippen molar-refractivity contribution in [3.63, 3.8) is 0 Å². The number of ether oxygens (including phenoxy) is 1. The number of fused-ring (bicyclic) bond motifs is 3. The number of carbonyl (C=O) groups is 3.